The summed E-state index contributed by atoms with van der Waals surface area (Å²) in [4.78, 5) is 0. The van der Waals surface area contributed by atoms with Gasteiger partial charge in [0.1, 0.15) is 0 Å². The Morgan fingerprint density at radius 1 is 0.444 bits per heavy atom. The second-order valence-corrected chi connectivity index (χ2v) is 29.6. The van der Waals surface area contributed by atoms with Gasteiger partial charge in [0.05, 0.1) is 0 Å². The second kappa shape index (κ2) is 16.1. The predicted octanol–water partition coefficient (Wildman–Crippen LogP) is 5.68. The quantitative estimate of drug-likeness (QED) is 0.218. The molecule has 0 aliphatic carbocycles. The fourth-order valence-corrected chi connectivity index (χ4v) is 13.7. The summed E-state index contributed by atoms with van der Waals surface area (Å²) >= 11 is 33.3. The van der Waals surface area contributed by atoms with Gasteiger partial charge in [0.2, 0.25) is 0 Å². The lowest BCUT2D eigenvalue weighted by molar-refractivity contribution is 0.109. The zero-order valence-electron chi connectivity index (χ0n) is 15.5. The van der Waals surface area contributed by atoms with Crippen LogP contribution in [0.3, 0.4) is 0 Å². The van der Waals surface area contributed by atoms with E-state index in [2.05, 4.69) is 0 Å². The largest absolute Gasteiger partial charge is 0.500 e. The van der Waals surface area contributed by atoms with E-state index in [0.29, 0.717) is 24.2 Å². The first-order chi connectivity index (χ1) is 11.8. The standard InChI is InChI=1S/C8H22O6Si2.C2H4Cl6Si2.CH4/c1-9-15(10-2,11-3)7-8-16(12-4,13-5)14-6;3-9(4,5)1-2-10(6,7)8;/h7-8H2,1-6H3;1-2H2;1H4. The van der Waals surface area contributed by atoms with E-state index in [-0.39, 0.29) is 7.43 Å². The molecule has 168 valence electrons. The molecule has 0 amide bonds. The Morgan fingerprint density at radius 2 is 0.630 bits per heavy atom. The minimum absolute atomic E-state index is 0. The summed E-state index contributed by atoms with van der Waals surface area (Å²) in [6.45, 7) is 0. The molecule has 0 spiro atoms. The molecule has 0 heterocycles. The van der Waals surface area contributed by atoms with Gasteiger partial charge in [-0.25, -0.2) is 0 Å². The first-order valence-corrected chi connectivity index (χ1v) is 21.6. The molecule has 6 nitrogen and oxygen atoms in total. The summed E-state index contributed by atoms with van der Waals surface area (Å²) in [5, 5.41) is 0. The maximum atomic E-state index is 5.56. The maximum absolute atomic E-state index is 5.56. The summed E-state index contributed by atoms with van der Waals surface area (Å²) in [5.41, 5.74) is 0. The summed E-state index contributed by atoms with van der Waals surface area (Å²) in [7, 11) is 4.31. The summed E-state index contributed by atoms with van der Waals surface area (Å²) in [5.74, 6) is 0. The summed E-state index contributed by atoms with van der Waals surface area (Å²) in [6.07, 6.45) is 0. The molecule has 0 atom stereocenters. The van der Waals surface area contributed by atoms with E-state index >= 15 is 0 Å². The molecule has 0 aromatic carbocycles. The van der Waals surface area contributed by atoms with Gasteiger partial charge in [-0.1, -0.05) is 7.43 Å². The van der Waals surface area contributed by atoms with Gasteiger partial charge >= 0.3 is 29.6 Å². The number of hydrogen-bond acceptors (Lipinski definition) is 6. The van der Waals surface area contributed by atoms with Crippen LogP contribution >= 0.6 is 66.5 Å². The van der Waals surface area contributed by atoms with Crippen molar-refractivity contribution >= 4 is 96.1 Å². The predicted molar refractivity (Wildman–Crippen MR) is 126 cm³/mol. The molecule has 27 heavy (non-hydrogen) atoms. The highest BCUT2D eigenvalue weighted by Gasteiger charge is 2.46. The Labute approximate surface area is 195 Å². The molecule has 0 saturated carbocycles. The Balaban J connectivity index is -0.000000454. The van der Waals surface area contributed by atoms with Crippen molar-refractivity contribution in [1.82, 2.24) is 0 Å². The third-order valence-electron chi connectivity index (χ3n) is 3.30. The molecule has 0 aromatic heterocycles. The minimum atomic E-state index is -2.58. The number of rotatable bonds is 12. The van der Waals surface area contributed by atoms with Gasteiger partial charge in [0.25, 0.3) is 0 Å². The molecule has 0 saturated heterocycles. The van der Waals surface area contributed by atoms with E-state index in [9.17, 15) is 0 Å². The van der Waals surface area contributed by atoms with Crippen LogP contribution in [0.15, 0.2) is 0 Å². The monoisotopic (exact) mass is 580 g/mol. The van der Waals surface area contributed by atoms with Crippen LogP contribution in [-0.4, -0.2) is 72.3 Å². The van der Waals surface area contributed by atoms with Crippen LogP contribution < -0.4 is 0 Å². The molecule has 0 N–H and O–H groups in total. The van der Waals surface area contributed by atoms with Crippen molar-refractivity contribution in [1.29, 1.82) is 0 Å². The molecular weight excluding hydrogens is 553 g/mol. The van der Waals surface area contributed by atoms with Crippen molar-refractivity contribution in [3.63, 3.8) is 0 Å². The van der Waals surface area contributed by atoms with E-state index in [1.165, 1.54) is 0 Å². The fraction of sp³-hybridized carbons (Fsp3) is 1.00. The fourth-order valence-electron chi connectivity index (χ4n) is 1.70. The van der Waals surface area contributed by atoms with Crippen LogP contribution in [0.4, 0.5) is 0 Å². The molecular formula is C11H30Cl6O6Si4. The van der Waals surface area contributed by atoms with Crippen LogP contribution in [-0.2, 0) is 26.6 Å². The van der Waals surface area contributed by atoms with Gasteiger partial charge in [-0.3, -0.25) is 0 Å². The Hall–Kier alpha value is 2.37. The van der Waals surface area contributed by atoms with Gasteiger partial charge in [0, 0.05) is 54.7 Å². The third kappa shape index (κ3) is 16.7. The topological polar surface area (TPSA) is 55.4 Å². The van der Waals surface area contributed by atoms with Crippen LogP contribution in [0.1, 0.15) is 7.43 Å². The van der Waals surface area contributed by atoms with Crippen molar-refractivity contribution < 1.29 is 26.6 Å². The zero-order valence-corrected chi connectivity index (χ0v) is 24.1. The average molecular weight is 583 g/mol. The first kappa shape index (κ1) is 34.0. The Morgan fingerprint density at radius 3 is 0.741 bits per heavy atom. The second-order valence-electron chi connectivity index (χ2n) is 4.82. The molecule has 16 heteroatoms. The van der Waals surface area contributed by atoms with E-state index in [0.717, 1.165) is 0 Å². The highest BCUT2D eigenvalue weighted by atomic mass is 35.8. The summed E-state index contributed by atoms with van der Waals surface area (Å²) in [6, 6.07) is -3.09. The van der Waals surface area contributed by atoms with Crippen molar-refractivity contribution in [2.75, 3.05) is 42.7 Å². The van der Waals surface area contributed by atoms with Crippen LogP contribution in [0.5, 0.6) is 0 Å². The van der Waals surface area contributed by atoms with E-state index in [1.54, 1.807) is 42.7 Å². The lowest BCUT2D eigenvalue weighted by Gasteiger charge is -2.29. The molecule has 0 rings (SSSR count). The van der Waals surface area contributed by atoms with Crippen molar-refractivity contribution in [2.45, 2.75) is 31.6 Å². The van der Waals surface area contributed by atoms with Crippen molar-refractivity contribution in [3.05, 3.63) is 0 Å². The lowest BCUT2D eigenvalue weighted by Crippen LogP contribution is -2.48. The van der Waals surface area contributed by atoms with E-state index in [4.69, 9.17) is 93.0 Å². The summed E-state index contributed by atoms with van der Waals surface area (Å²) < 4.78 is 31.9. The molecule has 0 aliphatic heterocycles. The van der Waals surface area contributed by atoms with Gasteiger partial charge in [-0.15, -0.1) is 66.5 Å². The molecule has 0 bridgehead atoms. The zero-order chi connectivity index (χ0) is 21.1. The minimum Gasteiger partial charge on any atom is -0.377 e. The normalized spacial score (nSPS) is 12.9. The van der Waals surface area contributed by atoms with Gasteiger partial charge < -0.3 is 26.6 Å². The molecule has 0 radical (unpaired) electrons. The smallest absolute Gasteiger partial charge is 0.377 e. The van der Waals surface area contributed by atoms with Crippen molar-refractivity contribution in [3.8, 4) is 0 Å². The maximum Gasteiger partial charge on any atom is 0.500 e. The molecule has 0 aliphatic rings. The first-order valence-electron chi connectivity index (χ1n) is 7.22. The Bertz CT molecular complexity index is 316. The van der Waals surface area contributed by atoms with E-state index in [1.807, 2.05) is 0 Å². The van der Waals surface area contributed by atoms with Gasteiger partial charge in [-0.05, 0) is 12.1 Å². The van der Waals surface area contributed by atoms with Gasteiger partial charge in [-0.2, -0.15) is 0 Å². The number of hydrogen-bond donors (Lipinski definition) is 0. The van der Waals surface area contributed by atoms with Gasteiger partial charge in [0.15, 0.2) is 0 Å². The van der Waals surface area contributed by atoms with E-state index < -0.39 is 29.6 Å². The number of halogens is 6. The third-order valence-corrected chi connectivity index (χ3v) is 14.8. The van der Waals surface area contributed by atoms with Crippen LogP contribution in [0.25, 0.3) is 0 Å². The highest BCUT2D eigenvalue weighted by molar-refractivity contribution is 7.67. The van der Waals surface area contributed by atoms with Crippen LogP contribution in [0, 0.1) is 0 Å². The molecule has 0 unspecified atom stereocenters. The highest BCUT2D eigenvalue weighted by Crippen LogP contribution is 2.34. The Kier molecular flexibility index (Phi) is 20.2. The molecule has 0 aromatic rings. The van der Waals surface area contributed by atoms with Crippen molar-refractivity contribution in [2.24, 2.45) is 0 Å². The average Bonchev–Trinajstić information content (AvgIpc) is 2.58. The lowest BCUT2D eigenvalue weighted by atomic mass is 11.0. The molecule has 0 fully saturated rings. The van der Waals surface area contributed by atoms with Crippen LogP contribution in [0.2, 0.25) is 24.2 Å². The SMILES string of the molecule is C.CO[Si](CC[Si](OC)(OC)OC)(OC)OC.Cl[Si](Cl)(Cl)CC[Si](Cl)(Cl)Cl.